The fraction of sp³-hybridized carbons (Fsp3) is 0.778. The molecule has 2 unspecified atom stereocenters. The molecule has 0 aromatic carbocycles. The molecule has 1 heterocycles. The first-order chi connectivity index (χ1) is 9.84. The van der Waals surface area contributed by atoms with Crippen LogP contribution in [-0.2, 0) is 6.54 Å². The average molecular weight is 292 g/mol. The minimum Gasteiger partial charge on any atom is -0.310 e. The van der Waals surface area contributed by atoms with Crippen molar-refractivity contribution in [2.45, 2.75) is 77.3 Å². The molecule has 1 nitrogen and oxygen atoms in total. The number of nitrogens with one attached hydrogen (secondary N) is 1. The first kappa shape index (κ1) is 14.6. The van der Waals surface area contributed by atoms with E-state index >= 15 is 0 Å². The van der Waals surface area contributed by atoms with Gasteiger partial charge in [-0.15, -0.1) is 0 Å². The average Bonchev–Trinajstić information content (AvgIpc) is 2.92. The molecule has 1 aromatic heterocycles. The van der Waals surface area contributed by atoms with Crippen molar-refractivity contribution < 1.29 is 0 Å². The third-order valence-electron chi connectivity index (χ3n) is 5.59. The molecule has 2 aliphatic carbocycles. The molecule has 0 aliphatic heterocycles. The molecular weight excluding hydrogens is 262 g/mol. The zero-order valence-corrected chi connectivity index (χ0v) is 13.7. The van der Waals surface area contributed by atoms with Gasteiger partial charge in [-0.25, -0.2) is 0 Å². The third kappa shape index (κ3) is 3.46. The predicted octanol–water partition coefficient (Wildman–Crippen LogP) is 5.29. The van der Waals surface area contributed by atoms with E-state index in [0.717, 1.165) is 24.4 Å². The summed E-state index contributed by atoms with van der Waals surface area (Å²) in [7, 11) is 0. The van der Waals surface area contributed by atoms with E-state index in [0.29, 0.717) is 0 Å². The van der Waals surface area contributed by atoms with Gasteiger partial charge >= 0.3 is 0 Å². The van der Waals surface area contributed by atoms with Gasteiger partial charge in [-0.1, -0.05) is 44.9 Å². The fourth-order valence-electron chi connectivity index (χ4n) is 4.35. The molecule has 2 atom stereocenters. The maximum Gasteiger partial charge on any atom is 0.0219 e. The molecule has 0 amide bonds. The normalized spacial score (nSPS) is 28.6. The summed E-state index contributed by atoms with van der Waals surface area (Å²) in [5, 5.41) is 8.51. The Morgan fingerprint density at radius 3 is 2.50 bits per heavy atom. The molecule has 112 valence electrons. The Bertz CT molecular complexity index is 405. The molecule has 0 bridgehead atoms. The molecule has 3 rings (SSSR count). The number of aryl methyl sites for hydroxylation is 1. The smallest absolute Gasteiger partial charge is 0.0219 e. The molecule has 2 fully saturated rings. The van der Waals surface area contributed by atoms with E-state index in [1.54, 1.807) is 0 Å². The molecule has 1 N–H and O–H groups in total. The number of rotatable bonds is 4. The van der Waals surface area contributed by atoms with E-state index in [1.165, 1.54) is 68.9 Å². The second-order valence-corrected chi connectivity index (χ2v) is 7.66. The quantitative estimate of drug-likeness (QED) is 0.795. The van der Waals surface area contributed by atoms with Crippen molar-refractivity contribution in [2.24, 2.45) is 11.8 Å². The van der Waals surface area contributed by atoms with Crippen molar-refractivity contribution in [3.05, 3.63) is 21.9 Å². The van der Waals surface area contributed by atoms with Crippen LogP contribution in [0.4, 0.5) is 0 Å². The van der Waals surface area contributed by atoms with Crippen molar-refractivity contribution in [2.75, 3.05) is 0 Å². The van der Waals surface area contributed by atoms with Gasteiger partial charge in [0.2, 0.25) is 0 Å². The van der Waals surface area contributed by atoms with E-state index in [4.69, 9.17) is 0 Å². The van der Waals surface area contributed by atoms with Gasteiger partial charge in [0, 0.05) is 12.6 Å². The van der Waals surface area contributed by atoms with Crippen LogP contribution in [0.1, 0.15) is 68.9 Å². The van der Waals surface area contributed by atoms with Crippen molar-refractivity contribution in [1.82, 2.24) is 5.32 Å². The van der Waals surface area contributed by atoms with E-state index in [1.807, 2.05) is 11.3 Å². The van der Waals surface area contributed by atoms with Crippen molar-refractivity contribution >= 4 is 11.3 Å². The van der Waals surface area contributed by atoms with Crippen molar-refractivity contribution in [3.8, 4) is 0 Å². The van der Waals surface area contributed by atoms with E-state index < -0.39 is 0 Å². The largest absolute Gasteiger partial charge is 0.310 e. The Hall–Kier alpha value is -0.340. The van der Waals surface area contributed by atoms with Crippen LogP contribution in [0.15, 0.2) is 10.8 Å². The Morgan fingerprint density at radius 1 is 1.00 bits per heavy atom. The fourth-order valence-corrected chi connectivity index (χ4v) is 5.21. The maximum atomic E-state index is 3.92. The highest BCUT2D eigenvalue weighted by atomic mass is 32.1. The summed E-state index contributed by atoms with van der Waals surface area (Å²) in [6.45, 7) is 3.33. The van der Waals surface area contributed by atoms with Gasteiger partial charge in [-0.05, 0) is 53.5 Å². The van der Waals surface area contributed by atoms with Gasteiger partial charge in [0.1, 0.15) is 0 Å². The summed E-state index contributed by atoms with van der Waals surface area (Å²) in [6.07, 6.45) is 13.2. The summed E-state index contributed by atoms with van der Waals surface area (Å²) in [6, 6.07) is 0.783. The standard InChI is InChI=1S/C18H29NS/c1-14-12-20-13-16(14)11-19-18-10-6-5-9-17(18)15-7-3-2-4-8-15/h12-13,15,17-19H,2-11H2,1H3. The lowest BCUT2D eigenvalue weighted by Crippen LogP contribution is -2.42. The SMILES string of the molecule is Cc1cscc1CNC1CCCCC1C1CCCCC1. The summed E-state index contributed by atoms with van der Waals surface area (Å²) in [5.74, 6) is 1.98. The summed E-state index contributed by atoms with van der Waals surface area (Å²) in [5.41, 5.74) is 2.98. The van der Waals surface area contributed by atoms with E-state index in [-0.39, 0.29) is 0 Å². The van der Waals surface area contributed by atoms with Crippen LogP contribution < -0.4 is 5.32 Å². The predicted molar refractivity (Wildman–Crippen MR) is 88.2 cm³/mol. The topological polar surface area (TPSA) is 12.0 Å². The van der Waals surface area contributed by atoms with Crippen molar-refractivity contribution in [3.63, 3.8) is 0 Å². The molecule has 2 aliphatic rings. The molecule has 20 heavy (non-hydrogen) atoms. The Labute approximate surface area is 128 Å². The molecule has 1 aromatic rings. The van der Waals surface area contributed by atoms with Crippen LogP contribution in [-0.4, -0.2) is 6.04 Å². The molecule has 0 radical (unpaired) electrons. The van der Waals surface area contributed by atoms with Crippen LogP contribution in [0.25, 0.3) is 0 Å². The molecule has 2 saturated carbocycles. The Balaban J connectivity index is 1.58. The number of thiophene rings is 1. The second-order valence-electron chi connectivity index (χ2n) is 6.91. The number of hydrogen-bond donors (Lipinski definition) is 1. The lowest BCUT2D eigenvalue weighted by molar-refractivity contribution is 0.149. The van der Waals surface area contributed by atoms with Gasteiger partial charge in [-0.3, -0.25) is 0 Å². The summed E-state index contributed by atoms with van der Waals surface area (Å²) in [4.78, 5) is 0. The first-order valence-corrected chi connectivity index (χ1v) is 9.54. The van der Waals surface area contributed by atoms with Gasteiger partial charge in [0.25, 0.3) is 0 Å². The highest BCUT2D eigenvalue weighted by molar-refractivity contribution is 7.08. The monoisotopic (exact) mass is 291 g/mol. The zero-order chi connectivity index (χ0) is 13.8. The van der Waals surface area contributed by atoms with Crippen LogP contribution >= 0.6 is 11.3 Å². The molecule has 2 heteroatoms. The van der Waals surface area contributed by atoms with Crippen LogP contribution in [0, 0.1) is 18.8 Å². The van der Waals surface area contributed by atoms with Gasteiger partial charge in [0.05, 0.1) is 0 Å². The summed E-state index contributed by atoms with van der Waals surface area (Å²) < 4.78 is 0. The second kappa shape index (κ2) is 7.09. The minimum absolute atomic E-state index is 0.783. The lowest BCUT2D eigenvalue weighted by atomic mass is 9.71. The molecular formula is C18H29NS. The summed E-state index contributed by atoms with van der Waals surface area (Å²) >= 11 is 1.84. The van der Waals surface area contributed by atoms with Gasteiger partial charge < -0.3 is 5.32 Å². The third-order valence-corrected chi connectivity index (χ3v) is 6.50. The van der Waals surface area contributed by atoms with Crippen LogP contribution in [0.2, 0.25) is 0 Å². The number of hydrogen-bond acceptors (Lipinski definition) is 2. The van der Waals surface area contributed by atoms with Gasteiger partial charge in [0.15, 0.2) is 0 Å². The zero-order valence-electron chi connectivity index (χ0n) is 12.9. The highest BCUT2D eigenvalue weighted by Gasteiger charge is 2.32. The minimum atomic E-state index is 0.783. The van der Waals surface area contributed by atoms with E-state index in [2.05, 4.69) is 23.0 Å². The van der Waals surface area contributed by atoms with Crippen molar-refractivity contribution in [1.29, 1.82) is 0 Å². The van der Waals surface area contributed by atoms with E-state index in [9.17, 15) is 0 Å². The maximum absolute atomic E-state index is 3.92. The molecule has 0 spiro atoms. The highest BCUT2D eigenvalue weighted by Crippen LogP contribution is 2.38. The van der Waals surface area contributed by atoms with Crippen LogP contribution in [0.5, 0.6) is 0 Å². The van der Waals surface area contributed by atoms with Crippen LogP contribution in [0.3, 0.4) is 0 Å². The molecule has 0 saturated heterocycles. The Kier molecular flexibility index (Phi) is 5.17. The Morgan fingerprint density at radius 2 is 1.75 bits per heavy atom. The first-order valence-electron chi connectivity index (χ1n) is 8.59. The van der Waals surface area contributed by atoms with Gasteiger partial charge in [-0.2, -0.15) is 11.3 Å². The lowest BCUT2D eigenvalue weighted by Gasteiger charge is -2.39.